The van der Waals surface area contributed by atoms with E-state index in [4.69, 9.17) is 4.74 Å². The number of hydrogen-bond acceptors (Lipinski definition) is 4. The lowest BCUT2D eigenvalue weighted by atomic mass is 10.1. The molecule has 1 fully saturated rings. The molecule has 5 nitrogen and oxygen atoms in total. The largest absolute Gasteiger partial charge is 0.508 e. The summed E-state index contributed by atoms with van der Waals surface area (Å²) >= 11 is 0. The first-order chi connectivity index (χ1) is 8.83. The lowest BCUT2D eigenvalue weighted by Gasteiger charge is -2.40. The van der Waals surface area contributed by atoms with Gasteiger partial charge in [0.05, 0.1) is 6.04 Å². The molecule has 19 heavy (non-hydrogen) atoms. The van der Waals surface area contributed by atoms with Crippen molar-refractivity contribution >= 4 is 11.8 Å². The molecule has 0 saturated carbocycles. The second kappa shape index (κ2) is 4.99. The van der Waals surface area contributed by atoms with Crippen LogP contribution >= 0.6 is 0 Å². The Balaban J connectivity index is 1.79. The van der Waals surface area contributed by atoms with Gasteiger partial charge in [0.25, 0.3) is 0 Å². The van der Waals surface area contributed by atoms with Crippen LogP contribution in [0.2, 0.25) is 0 Å². The van der Waals surface area contributed by atoms with Gasteiger partial charge in [-0.15, -0.1) is 0 Å². The number of ether oxygens (including phenoxy) is 1. The van der Waals surface area contributed by atoms with Gasteiger partial charge < -0.3 is 20.1 Å². The Kier molecular flexibility index (Phi) is 3.55. The highest BCUT2D eigenvalue weighted by Gasteiger charge is 2.33. The van der Waals surface area contributed by atoms with E-state index < -0.39 is 5.60 Å². The van der Waals surface area contributed by atoms with Crippen molar-refractivity contribution < 1.29 is 14.6 Å². The lowest BCUT2D eigenvalue weighted by Crippen LogP contribution is -2.57. The van der Waals surface area contributed by atoms with Gasteiger partial charge in [0.1, 0.15) is 11.4 Å². The van der Waals surface area contributed by atoms with Crippen LogP contribution in [-0.4, -0.2) is 40.8 Å². The van der Waals surface area contributed by atoms with Crippen molar-refractivity contribution in [2.24, 2.45) is 0 Å². The number of rotatable bonds is 2. The first-order valence-electron chi connectivity index (χ1n) is 6.37. The van der Waals surface area contributed by atoms with Crippen LogP contribution in [0.4, 0.5) is 10.5 Å². The summed E-state index contributed by atoms with van der Waals surface area (Å²) in [6, 6.07) is 7.15. The molecule has 1 aromatic rings. The Hall–Kier alpha value is -1.91. The fourth-order valence-electron chi connectivity index (χ4n) is 1.88. The van der Waals surface area contributed by atoms with Crippen molar-refractivity contribution in [1.29, 1.82) is 0 Å². The first kappa shape index (κ1) is 13.5. The molecular formula is C14H20N2O3. The van der Waals surface area contributed by atoms with E-state index in [1.807, 2.05) is 26.8 Å². The van der Waals surface area contributed by atoms with Gasteiger partial charge in [-0.3, -0.25) is 0 Å². The summed E-state index contributed by atoms with van der Waals surface area (Å²) in [6.45, 7) is 6.79. The topological polar surface area (TPSA) is 61.8 Å². The standard InChI is InChI=1S/C14H20N2O3/c1-14(2,3)19-13(18)16-8-11(9-16)15-10-5-4-6-12(17)7-10/h4-7,11,15,17H,8-9H2,1-3H3. The Morgan fingerprint density at radius 1 is 1.42 bits per heavy atom. The predicted molar refractivity (Wildman–Crippen MR) is 73.3 cm³/mol. The zero-order chi connectivity index (χ0) is 14.0. The molecule has 0 atom stereocenters. The Labute approximate surface area is 113 Å². The summed E-state index contributed by atoms with van der Waals surface area (Å²) < 4.78 is 5.28. The minimum atomic E-state index is -0.458. The molecule has 1 heterocycles. The molecule has 2 N–H and O–H groups in total. The normalized spacial score (nSPS) is 15.8. The van der Waals surface area contributed by atoms with Gasteiger partial charge in [-0.25, -0.2) is 4.79 Å². The molecule has 1 saturated heterocycles. The van der Waals surface area contributed by atoms with Crippen LogP contribution in [0, 0.1) is 0 Å². The van der Waals surface area contributed by atoms with Crippen LogP contribution in [0.15, 0.2) is 24.3 Å². The molecule has 2 rings (SSSR count). The van der Waals surface area contributed by atoms with Gasteiger partial charge in [-0.05, 0) is 32.9 Å². The maximum absolute atomic E-state index is 11.7. The average molecular weight is 264 g/mol. The Morgan fingerprint density at radius 2 is 2.11 bits per heavy atom. The molecule has 5 heteroatoms. The molecule has 0 aliphatic carbocycles. The van der Waals surface area contributed by atoms with Gasteiger partial charge >= 0.3 is 6.09 Å². The first-order valence-corrected chi connectivity index (χ1v) is 6.37. The van der Waals surface area contributed by atoms with E-state index in [0.29, 0.717) is 13.1 Å². The predicted octanol–water partition coefficient (Wildman–Crippen LogP) is 2.42. The maximum Gasteiger partial charge on any atom is 0.410 e. The van der Waals surface area contributed by atoms with Crippen LogP contribution < -0.4 is 5.32 Å². The van der Waals surface area contributed by atoms with E-state index in [9.17, 15) is 9.90 Å². The number of carbonyl (C=O) groups excluding carboxylic acids is 1. The van der Waals surface area contributed by atoms with Crippen LogP contribution in [-0.2, 0) is 4.74 Å². The smallest absolute Gasteiger partial charge is 0.410 e. The number of anilines is 1. The molecule has 0 aromatic heterocycles. The number of phenolic OH excluding ortho intramolecular Hbond substituents is 1. The van der Waals surface area contributed by atoms with Gasteiger partial charge in [0.2, 0.25) is 0 Å². The van der Waals surface area contributed by atoms with Crippen LogP contribution in [0.1, 0.15) is 20.8 Å². The molecule has 1 aromatic carbocycles. The third kappa shape index (κ3) is 3.77. The fourth-order valence-corrected chi connectivity index (χ4v) is 1.88. The SMILES string of the molecule is CC(C)(C)OC(=O)N1CC(Nc2cccc(O)c2)C1. The number of carbonyl (C=O) groups is 1. The van der Waals surface area contributed by atoms with Crippen LogP contribution in [0.25, 0.3) is 0 Å². The molecule has 0 bridgehead atoms. The molecule has 0 unspecified atom stereocenters. The minimum absolute atomic E-state index is 0.203. The highest BCUT2D eigenvalue weighted by Crippen LogP contribution is 2.21. The van der Waals surface area contributed by atoms with Gasteiger partial charge in [-0.2, -0.15) is 0 Å². The second-order valence-corrected chi connectivity index (χ2v) is 5.78. The molecule has 1 amide bonds. The second-order valence-electron chi connectivity index (χ2n) is 5.78. The monoisotopic (exact) mass is 264 g/mol. The molecule has 1 aliphatic heterocycles. The summed E-state index contributed by atoms with van der Waals surface area (Å²) in [6.07, 6.45) is -0.276. The summed E-state index contributed by atoms with van der Waals surface area (Å²) in [4.78, 5) is 13.4. The molecule has 104 valence electrons. The Bertz CT molecular complexity index is 462. The number of benzene rings is 1. The third-order valence-corrected chi connectivity index (χ3v) is 2.75. The number of nitrogens with one attached hydrogen (secondary N) is 1. The number of aromatic hydroxyl groups is 1. The summed E-state index contributed by atoms with van der Waals surface area (Å²) in [5, 5.41) is 12.6. The summed E-state index contributed by atoms with van der Waals surface area (Å²) in [7, 11) is 0. The summed E-state index contributed by atoms with van der Waals surface area (Å²) in [5.41, 5.74) is 0.398. The van der Waals surface area contributed by atoms with Gasteiger partial charge in [-0.1, -0.05) is 6.07 Å². The Morgan fingerprint density at radius 3 is 2.68 bits per heavy atom. The average Bonchev–Trinajstić information content (AvgIpc) is 2.20. The number of hydrogen-bond donors (Lipinski definition) is 2. The highest BCUT2D eigenvalue weighted by molar-refractivity contribution is 5.69. The summed E-state index contributed by atoms with van der Waals surface area (Å²) in [5.74, 6) is 0.230. The number of likely N-dealkylation sites (tertiary alicyclic amines) is 1. The molecule has 0 radical (unpaired) electrons. The van der Waals surface area contributed by atoms with E-state index in [1.165, 1.54) is 0 Å². The van der Waals surface area contributed by atoms with E-state index in [1.54, 1.807) is 23.1 Å². The minimum Gasteiger partial charge on any atom is -0.508 e. The lowest BCUT2D eigenvalue weighted by molar-refractivity contribution is 0.0105. The van der Waals surface area contributed by atoms with Gasteiger partial charge in [0.15, 0.2) is 0 Å². The van der Waals surface area contributed by atoms with Crippen LogP contribution in [0.3, 0.4) is 0 Å². The van der Waals surface area contributed by atoms with E-state index in [2.05, 4.69) is 5.32 Å². The van der Waals surface area contributed by atoms with Gasteiger partial charge in [0, 0.05) is 24.8 Å². The third-order valence-electron chi connectivity index (χ3n) is 2.75. The van der Waals surface area contributed by atoms with Crippen molar-refractivity contribution in [3.8, 4) is 5.75 Å². The highest BCUT2D eigenvalue weighted by atomic mass is 16.6. The van der Waals surface area contributed by atoms with Crippen molar-refractivity contribution in [2.75, 3.05) is 18.4 Å². The van der Waals surface area contributed by atoms with E-state index in [0.717, 1.165) is 5.69 Å². The van der Waals surface area contributed by atoms with Crippen molar-refractivity contribution in [3.63, 3.8) is 0 Å². The molecular weight excluding hydrogens is 244 g/mol. The van der Waals surface area contributed by atoms with Crippen molar-refractivity contribution in [1.82, 2.24) is 4.90 Å². The zero-order valence-electron chi connectivity index (χ0n) is 11.5. The quantitative estimate of drug-likeness (QED) is 0.861. The zero-order valence-corrected chi connectivity index (χ0v) is 11.5. The number of amides is 1. The molecule has 1 aliphatic rings. The van der Waals surface area contributed by atoms with Crippen molar-refractivity contribution in [3.05, 3.63) is 24.3 Å². The fraction of sp³-hybridized carbons (Fsp3) is 0.500. The molecule has 0 spiro atoms. The number of nitrogens with zero attached hydrogens (tertiary/aromatic N) is 1. The van der Waals surface area contributed by atoms with Crippen LogP contribution in [0.5, 0.6) is 5.75 Å². The van der Waals surface area contributed by atoms with E-state index in [-0.39, 0.29) is 17.9 Å². The maximum atomic E-state index is 11.7. The van der Waals surface area contributed by atoms with E-state index >= 15 is 0 Å². The van der Waals surface area contributed by atoms with Crippen molar-refractivity contribution in [2.45, 2.75) is 32.4 Å². The number of phenols is 1.